The van der Waals surface area contributed by atoms with Crippen molar-refractivity contribution in [2.75, 3.05) is 11.5 Å². The van der Waals surface area contributed by atoms with E-state index in [1.165, 1.54) is 21.6 Å². The van der Waals surface area contributed by atoms with E-state index in [0.717, 1.165) is 0 Å². The Balaban J connectivity index is 3.06. The molecule has 0 atom stereocenters. The second-order valence-corrected chi connectivity index (χ2v) is 5.25. The lowest BCUT2D eigenvalue weighted by Gasteiger charge is -1.92. The molecule has 0 spiro atoms. The van der Waals surface area contributed by atoms with Crippen molar-refractivity contribution in [2.24, 2.45) is 0 Å². The van der Waals surface area contributed by atoms with E-state index in [-0.39, 0.29) is 9.57 Å². The second kappa shape index (κ2) is 6.48. The van der Waals surface area contributed by atoms with Crippen LogP contribution in [0.1, 0.15) is 6.92 Å². The molecule has 0 fully saturated rings. The van der Waals surface area contributed by atoms with Gasteiger partial charge in [-0.1, -0.05) is 21.6 Å². The topological polar surface area (TPSA) is 34.1 Å². The van der Waals surface area contributed by atoms with Gasteiger partial charge >= 0.3 is 0 Å². The number of carbonyl (C=O) groups is 2. The van der Waals surface area contributed by atoms with E-state index in [9.17, 15) is 9.59 Å². The quantitative estimate of drug-likeness (QED) is 0.335. The molecule has 0 saturated heterocycles. The normalized spacial score (nSPS) is 9.40. The third-order valence-electron chi connectivity index (χ3n) is 0.518. The van der Waals surface area contributed by atoms with Crippen molar-refractivity contribution in [3.05, 3.63) is 0 Å². The maximum atomic E-state index is 10.4. The number of hydrogen-bond acceptors (Lipinski definition) is 4. The van der Waals surface area contributed by atoms with E-state index in [2.05, 4.69) is 0 Å². The Morgan fingerprint density at radius 2 is 1.80 bits per heavy atom. The molecular formula is C5H7IO2S2. The number of ketones is 1. The van der Waals surface area contributed by atoms with Crippen LogP contribution in [-0.2, 0) is 9.59 Å². The van der Waals surface area contributed by atoms with E-state index >= 15 is 0 Å². The van der Waals surface area contributed by atoms with Gasteiger partial charge in [-0.25, -0.2) is 0 Å². The molecular weight excluding hydrogens is 283 g/mol. The molecule has 10 heavy (non-hydrogen) atoms. The second-order valence-electron chi connectivity index (χ2n) is 1.58. The molecule has 0 bridgehead atoms. The molecule has 0 amide bonds. The molecule has 0 aromatic heterocycles. The average molecular weight is 290 g/mol. The molecule has 0 aliphatic carbocycles. The molecule has 0 aromatic carbocycles. The summed E-state index contributed by atoms with van der Waals surface area (Å²) in [4.78, 5) is 20.7. The first-order valence-electron chi connectivity index (χ1n) is 2.55. The summed E-state index contributed by atoms with van der Waals surface area (Å²) in [5.74, 6) is 1.13. The zero-order valence-corrected chi connectivity index (χ0v) is 9.22. The van der Waals surface area contributed by atoms with Crippen molar-refractivity contribution in [1.82, 2.24) is 0 Å². The molecule has 0 aliphatic heterocycles. The fourth-order valence-electron chi connectivity index (χ4n) is 0.213. The molecule has 0 heterocycles. The van der Waals surface area contributed by atoms with Crippen LogP contribution in [0.5, 0.6) is 0 Å². The van der Waals surface area contributed by atoms with Gasteiger partial charge in [0.2, 0.25) is 3.79 Å². The highest BCUT2D eigenvalue weighted by atomic mass is 127. The van der Waals surface area contributed by atoms with Crippen LogP contribution in [0.15, 0.2) is 0 Å². The summed E-state index contributed by atoms with van der Waals surface area (Å²) < 4.78 is 0.124. The number of rotatable bonds is 5. The van der Waals surface area contributed by atoms with E-state index in [4.69, 9.17) is 0 Å². The van der Waals surface area contributed by atoms with Crippen molar-refractivity contribution in [2.45, 2.75) is 6.92 Å². The molecule has 0 aliphatic rings. The maximum Gasteiger partial charge on any atom is 0.203 e. The summed E-state index contributed by atoms with van der Waals surface area (Å²) in [6, 6.07) is 0. The predicted molar refractivity (Wildman–Crippen MR) is 54.6 cm³/mol. The van der Waals surface area contributed by atoms with Crippen molar-refractivity contribution in [3.63, 3.8) is 0 Å². The Kier molecular flexibility index (Phi) is 6.98. The Bertz CT molecular complexity index is 122. The van der Waals surface area contributed by atoms with Crippen molar-refractivity contribution < 1.29 is 9.59 Å². The summed E-state index contributed by atoms with van der Waals surface area (Å²) in [5.41, 5.74) is 0. The van der Waals surface area contributed by atoms with Crippen LogP contribution in [0.4, 0.5) is 0 Å². The minimum Gasteiger partial charge on any atom is -0.299 e. The van der Waals surface area contributed by atoms with Gasteiger partial charge in [-0.05, 0) is 6.92 Å². The van der Waals surface area contributed by atoms with Crippen LogP contribution in [0.25, 0.3) is 0 Å². The highest BCUT2D eigenvalue weighted by molar-refractivity contribution is 14.1. The molecule has 2 nitrogen and oxygen atoms in total. The summed E-state index contributed by atoms with van der Waals surface area (Å²) in [6.45, 7) is 1.54. The monoisotopic (exact) mass is 290 g/mol. The number of halogens is 1. The molecule has 0 rings (SSSR count). The Morgan fingerprint density at radius 1 is 1.30 bits per heavy atom. The fraction of sp³-hybridized carbons (Fsp3) is 0.600. The minimum absolute atomic E-state index is 0.124. The average Bonchev–Trinajstić information content (AvgIpc) is 1.79. The number of Topliss-reactive ketones (excluding diaryl/α,β-unsaturated/α-hetero) is 1. The van der Waals surface area contributed by atoms with E-state index in [1.807, 2.05) is 0 Å². The van der Waals surface area contributed by atoms with Crippen LogP contribution < -0.4 is 0 Å². The molecule has 0 unspecified atom stereocenters. The van der Waals surface area contributed by atoms with Crippen LogP contribution in [0.3, 0.4) is 0 Å². The highest BCUT2D eigenvalue weighted by Crippen LogP contribution is 2.21. The van der Waals surface area contributed by atoms with E-state index in [1.54, 1.807) is 29.5 Å². The minimum atomic E-state index is 0.124. The first-order chi connectivity index (χ1) is 4.63. The standard InChI is InChI=1S/C5H7IO2S2/c1-4(7)2-9-10-3-5(6)8/h2-3H2,1H3. The van der Waals surface area contributed by atoms with Gasteiger partial charge in [0, 0.05) is 22.6 Å². The van der Waals surface area contributed by atoms with E-state index < -0.39 is 0 Å². The molecule has 5 heteroatoms. The first-order valence-corrected chi connectivity index (χ1v) is 6.12. The Labute approximate surface area is 81.4 Å². The van der Waals surface area contributed by atoms with Gasteiger partial charge in [0.15, 0.2) is 0 Å². The van der Waals surface area contributed by atoms with Crippen LogP contribution in [0.2, 0.25) is 0 Å². The number of hydrogen-bond donors (Lipinski definition) is 0. The fourth-order valence-corrected chi connectivity index (χ4v) is 3.06. The molecule has 0 radical (unpaired) electrons. The third kappa shape index (κ3) is 8.77. The highest BCUT2D eigenvalue weighted by Gasteiger charge is 1.97. The lowest BCUT2D eigenvalue weighted by atomic mass is 10.5. The van der Waals surface area contributed by atoms with Gasteiger partial charge in [0.25, 0.3) is 0 Å². The number of carbonyl (C=O) groups excluding carboxylic acids is 2. The van der Waals surface area contributed by atoms with Crippen LogP contribution >= 0.6 is 44.2 Å². The Hall–Kier alpha value is 0.770. The third-order valence-corrected chi connectivity index (χ3v) is 3.70. The largest absolute Gasteiger partial charge is 0.299 e. The van der Waals surface area contributed by atoms with Crippen LogP contribution in [0, 0.1) is 0 Å². The molecule has 0 N–H and O–H groups in total. The van der Waals surface area contributed by atoms with Crippen molar-refractivity contribution >= 4 is 53.8 Å². The first kappa shape index (κ1) is 10.8. The lowest BCUT2D eigenvalue weighted by Crippen LogP contribution is -1.92. The molecule has 58 valence electrons. The summed E-state index contributed by atoms with van der Waals surface area (Å²) in [5, 5.41) is 0. The Morgan fingerprint density at radius 3 is 2.20 bits per heavy atom. The van der Waals surface area contributed by atoms with Gasteiger partial charge in [0.05, 0.1) is 11.5 Å². The SMILES string of the molecule is CC(=O)CSSCC(=O)I. The predicted octanol–water partition coefficient (Wildman–Crippen LogP) is 1.92. The molecule has 0 saturated carbocycles. The van der Waals surface area contributed by atoms with E-state index in [0.29, 0.717) is 11.5 Å². The van der Waals surface area contributed by atoms with Gasteiger partial charge in [0.1, 0.15) is 5.78 Å². The summed E-state index contributed by atoms with van der Waals surface area (Å²) in [6.07, 6.45) is 0. The van der Waals surface area contributed by atoms with Crippen LogP contribution in [-0.4, -0.2) is 21.1 Å². The van der Waals surface area contributed by atoms with Crippen molar-refractivity contribution in [3.8, 4) is 0 Å². The molecule has 0 aromatic rings. The zero-order valence-electron chi connectivity index (χ0n) is 5.43. The maximum absolute atomic E-state index is 10.4. The van der Waals surface area contributed by atoms with Gasteiger partial charge in [-0.15, -0.1) is 0 Å². The van der Waals surface area contributed by atoms with Gasteiger partial charge in [-0.2, -0.15) is 0 Å². The zero-order chi connectivity index (χ0) is 7.98. The lowest BCUT2D eigenvalue weighted by molar-refractivity contribution is -0.114. The van der Waals surface area contributed by atoms with Gasteiger partial charge in [-0.3, -0.25) is 9.59 Å². The van der Waals surface area contributed by atoms with Gasteiger partial charge < -0.3 is 0 Å². The smallest absolute Gasteiger partial charge is 0.203 e. The summed E-state index contributed by atoms with van der Waals surface area (Å²) in [7, 11) is 2.86. The summed E-state index contributed by atoms with van der Waals surface area (Å²) >= 11 is 1.74. The van der Waals surface area contributed by atoms with Crippen molar-refractivity contribution in [1.29, 1.82) is 0 Å².